The summed E-state index contributed by atoms with van der Waals surface area (Å²) in [6, 6.07) is 3.64. The Morgan fingerprint density at radius 3 is 3.00 bits per heavy atom. The van der Waals surface area contributed by atoms with E-state index >= 15 is 0 Å². The number of nitrogens with one attached hydrogen (secondary N) is 3. The molecular formula is C19H30N6O2. The average molecular weight is 374 g/mol. The Labute approximate surface area is 160 Å². The second-order valence-corrected chi connectivity index (χ2v) is 6.69. The van der Waals surface area contributed by atoms with E-state index in [0.29, 0.717) is 30.1 Å². The summed E-state index contributed by atoms with van der Waals surface area (Å²) in [5.41, 5.74) is 0. The standard InChI is InChI=1S/C19H30N6O2/c1-2-20-19(21-11-7-13-26-15-8-4-3-5-9-15)22-14-17-23-18(25-24-17)16-10-6-12-27-16/h6,10,12,15H,2-5,7-9,11,13-14H2,1H3,(H2,20,21,22)(H,23,24,25). The molecule has 1 fully saturated rings. The van der Waals surface area contributed by atoms with Crippen molar-refractivity contribution in [1.82, 2.24) is 25.8 Å². The fraction of sp³-hybridized carbons (Fsp3) is 0.632. The highest BCUT2D eigenvalue weighted by molar-refractivity contribution is 5.79. The molecule has 0 amide bonds. The van der Waals surface area contributed by atoms with E-state index in [-0.39, 0.29) is 0 Å². The zero-order chi connectivity index (χ0) is 18.7. The van der Waals surface area contributed by atoms with E-state index in [2.05, 4.69) is 30.8 Å². The second kappa shape index (κ2) is 10.7. The van der Waals surface area contributed by atoms with E-state index in [0.717, 1.165) is 32.1 Å². The normalized spacial score (nSPS) is 15.8. The minimum absolute atomic E-state index is 0.418. The van der Waals surface area contributed by atoms with Crippen molar-refractivity contribution in [3.63, 3.8) is 0 Å². The summed E-state index contributed by atoms with van der Waals surface area (Å²) in [4.78, 5) is 8.96. The Balaban J connectivity index is 1.39. The first-order valence-corrected chi connectivity index (χ1v) is 9.94. The Kier molecular flexibility index (Phi) is 7.70. The van der Waals surface area contributed by atoms with Gasteiger partial charge in [0, 0.05) is 19.7 Å². The summed E-state index contributed by atoms with van der Waals surface area (Å²) < 4.78 is 11.3. The van der Waals surface area contributed by atoms with Crippen LogP contribution < -0.4 is 10.6 Å². The third kappa shape index (κ3) is 6.39. The van der Waals surface area contributed by atoms with Crippen LogP contribution in [0, 0.1) is 0 Å². The Hall–Kier alpha value is -2.35. The zero-order valence-electron chi connectivity index (χ0n) is 16.0. The van der Waals surface area contributed by atoms with Crippen LogP contribution in [0.2, 0.25) is 0 Å². The van der Waals surface area contributed by atoms with Gasteiger partial charge >= 0.3 is 0 Å². The van der Waals surface area contributed by atoms with Crippen LogP contribution in [0.3, 0.4) is 0 Å². The van der Waals surface area contributed by atoms with Crippen molar-refractivity contribution in [1.29, 1.82) is 0 Å². The van der Waals surface area contributed by atoms with Crippen molar-refractivity contribution in [2.24, 2.45) is 4.99 Å². The first-order chi connectivity index (χ1) is 13.3. The van der Waals surface area contributed by atoms with Crippen LogP contribution in [0.4, 0.5) is 0 Å². The quantitative estimate of drug-likeness (QED) is 0.354. The molecule has 0 aromatic carbocycles. The van der Waals surface area contributed by atoms with Crippen molar-refractivity contribution in [2.75, 3.05) is 19.7 Å². The molecule has 0 radical (unpaired) electrons. The van der Waals surface area contributed by atoms with Gasteiger partial charge in [0.2, 0.25) is 5.82 Å². The van der Waals surface area contributed by atoms with Gasteiger partial charge < -0.3 is 19.8 Å². The van der Waals surface area contributed by atoms with Crippen LogP contribution in [0.5, 0.6) is 0 Å². The molecule has 8 nitrogen and oxygen atoms in total. The van der Waals surface area contributed by atoms with Crippen LogP contribution in [-0.2, 0) is 11.3 Å². The molecule has 2 aromatic heterocycles. The van der Waals surface area contributed by atoms with E-state index in [4.69, 9.17) is 9.15 Å². The lowest BCUT2D eigenvalue weighted by atomic mass is 9.98. The van der Waals surface area contributed by atoms with E-state index < -0.39 is 0 Å². The van der Waals surface area contributed by atoms with Crippen LogP contribution >= 0.6 is 0 Å². The average Bonchev–Trinajstić information content (AvgIpc) is 3.38. The molecule has 0 aliphatic heterocycles. The SMILES string of the molecule is CCNC(=NCc1nc(-c2ccco2)n[nH]1)NCCCOC1CCCCC1. The van der Waals surface area contributed by atoms with Gasteiger partial charge in [0.25, 0.3) is 0 Å². The maximum atomic E-state index is 5.96. The highest BCUT2D eigenvalue weighted by atomic mass is 16.5. The Morgan fingerprint density at radius 2 is 2.22 bits per heavy atom. The van der Waals surface area contributed by atoms with Crippen molar-refractivity contribution in [2.45, 2.75) is 58.1 Å². The molecule has 0 bridgehead atoms. The first kappa shape index (κ1) is 19.4. The van der Waals surface area contributed by atoms with Crippen molar-refractivity contribution in [3.8, 4) is 11.6 Å². The number of aromatic amines is 1. The van der Waals surface area contributed by atoms with Crippen molar-refractivity contribution >= 4 is 5.96 Å². The maximum absolute atomic E-state index is 5.96. The number of rotatable bonds is 9. The minimum atomic E-state index is 0.418. The van der Waals surface area contributed by atoms with Crippen LogP contribution in [-0.4, -0.2) is 46.9 Å². The zero-order valence-corrected chi connectivity index (χ0v) is 16.0. The van der Waals surface area contributed by atoms with Gasteiger partial charge in [0.1, 0.15) is 12.4 Å². The Morgan fingerprint density at radius 1 is 1.33 bits per heavy atom. The lowest BCUT2D eigenvalue weighted by molar-refractivity contribution is 0.0277. The highest BCUT2D eigenvalue weighted by Crippen LogP contribution is 2.20. The molecule has 0 spiro atoms. The Bertz CT molecular complexity index is 676. The van der Waals surface area contributed by atoms with Gasteiger partial charge in [0.15, 0.2) is 11.7 Å². The van der Waals surface area contributed by atoms with Crippen molar-refractivity contribution < 1.29 is 9.15 Å². The molecule has 0 unspecified atom stereocenters. The summed E-state index contributed by atoms with van der Waals surface area (Å²) in [7, 11) is 0. The summed E-state index contributed by atoms with van der Waals surface area (Å²) in [6.45, 7) is 4.89. The summed E-state index contributed by atoms with van der Waals surface area (Å²) in [5, 5.41) is 13.6. The molecule has 3 rings (SSSR count). The highest BCUT2D eigenvalue weighted by Gasteiger charge is 2.13. The number of aliphatic imine (C=N–C) groups is 1. The van der Waals surface area contributed by atoms with E-state index in [1.807, 2.05) is 19.1 Å². The topological polar surface area (TPSA) is 100 Å². The van der Waals surface area contributed by atoms with Crippen LogP contribution in [0.25, 0.3) is 11.6 Å². The fourth-order valence-corrected chi connectivity index (χ4v) is 3.14. The molecule has 2 aromatic rings. The summed E-state index contributed by atoms with van der Waals surface area (Å²) in [6.07, 6.45) is 9.45. The molecule has 148 valence electrons. The van der Waals surface area contributed by atoms with E-state index in [1.165, 1.54) is 32.1 Å². The molecule has 2 heterocycles. The first-order valence-electron chi connectivity index (χ1n) is 9.94. The number of hydrogen-bond donors (Lipinski definition) is 3. The smallest absolute Gasteiger partial charge is 0.216 e. The predicted molar refractivity (Wildman–Crippen MR) is 104 cm³/mol. The molecule has 3 N–H and O–H groups in total. The number of nitrogens with zero attached hydrogens (tertiary/aromatic N) is 3. The van der Waals surface area contributed by atoms with Gasteiger partial charge in [-0.3, -0.25) is 5.10 Å². The molecular weight excluding hydrogens is 344 g/mol. The fourth-order valence-electron chi connectivity index (χ4n) is 3.14. The molecule has 1 aliphatic carbocycles. The second-order valence-electron chi connectivity index (χ2n) is 6.69. The van der Waals surface area contributed by atoms with Crippen molar-refractivity contribution in [3.05, 3.63) is 24.2 Å². The number of ether oxygens (including phenoxy) is 1. The van der Waals surface area contributed by atoms with Gasteiger partial charge in [-0.2, -0.15) is 0 Å². The van der Waals surface area contributed by atoms with E-state index in [9.17, 15) is 0 Å². The molecule has 1 saturated carbocycles. The van der Waals surface area contributed by atoms with E-state index in [1.54, 1.807) is 6.26 Å². The lowest BCUT2D eigenvalue weighted by Gasteiger charge is -2.22. The molecule has 8 heteroatoms. The van der Waals surface area contributed by atoms with Crippen LogP contribution in [0.15, 0.2) is 27.8 Å². The number of guanidine groups is 1. The maximum Gasteiger partial charge on any atom is 0.216 e. The third-order valence-electron chi connectivity index (χ3n) is 4.52. The largest absolute Gasteiger partial charge is 0.461 e. The number of furan rings is 1. The number of aromatic nitrogens is 3. The van der Waals surface area contributed by atoms with Gasteiger partial charge in [0.05, 0.1) is 12.4 Å². The molecule has 0 atom stereocenters. The monoisotopic (exact) mass is 374 g/mol. The third-order valence-corrected chi connectivity index (χ3v) is 4.52. The van der Waals surface area contributed by atoms with Gasteiger partial charge in [-0.1, -0.05) is 19.3 Å². The summed E-state index contributed by atoms with van der Waals surface area (Å²) >= 11 is 0. The van der Waals surface area contributed by atoms with Gasteiger partial charge in [-0.15, -0.1) is 5.10 Å². The summed E-state index contributed by atoms with van der Waals surface area (Å²) in [5.74, 6) is 2.65. The van der Waals surface area contributed by atoms with Gasteiger partial charge in [-0.05, 0) is 38.3 Å². The predicted octanol–water partition coefficient (Wildman–Crippen LogP) is 2.86. The molecule has 0 saturated heterocycles. The molecule has 1 aliphatic rings. The number of H-pyrrole nitrogens is 1. The minimum Gasteiger partial charge on any atom is -0.461 e. The lowest BCUT2D eigenvalue weighted by Crippen LogP contribution is -2.38. The molecule has 27 heavy (non-hydrogen) atoms. The number of hydrogen-bond acceptors (Lipinski definition) is 5. The van der Waals surface area contributed by atoms with Gasteiger partial charge in [-0.25, -0.2) is 9.98 Å². The van der Waals surface area contributed by atoms with Crippen LogP contribution in [0.1, 0.15) is 51.3 Å².